The number of hydrogen-bond acceptors (Lipinski definition) is 3. The number of benzene rings is 1. The predicted molar refractivity (Wildman–Crippen MR) is 110 cm³/mol. The van der Waals surface area contributed by atoms with Crippen LogP contribution in [-0.4, -0.2) is 23.0 Å². The summed E-state index contributed by atoms with van der Waals surface area (Å²) in [6.07, 6.45) is 11.0. The molecule has 0 spiro atoms. The Morgan fingerprint density at radius 3 is 2.89 bits per heavy atom. The SMILES string of the molecule is O=C(O)CCC/C=C\CC1CCCCC1NC(=O)c1csc2ccc(F)cc12. The number of rotatable bonds is 8. The fraction of sp³-hybridized carbons (Fsp3) is 0.455. The van der Waals surface area contributed by atoms with Gasteiger partial charge in [0.1, 0.15) is 5.82 Å². The van der Waals surface area contributed by atoms with Gasteiger partial charge in [-0.05, 0) is 56.2 Å². The average molecular weight is 404 g/mol. The predicted octanol–water partition coefficient (Wildman–Crippen LogP) is 5.53. The number of nitrogens with one attached hydrogen (secondary N) is 1. The maximum absolute atomic E-state index is 13.6. The van der Waals surface area contributed by atoms with E-state index in [1.54, 1.807) is 11.4 Å². The van der Waals surface area contributed by atoms with E-state index in [1.807, 2.05) is 6.08 Å². The lowest BCUT2D eigenvalue weighted by molar-refractivity contribution is -0.137. The molecule has 2 atom stereocenters. The number of halogens is 1. The van der Waals surface area contributed by atoms with E-state index in [4.69, 9.17) is 5.11 Å². The molecule has 0 aliphatic heterocycles. The van der Waals surface area contributed by atoms with Crippen molar-refractivity contribution in [1.29, 1.82) is 0 Å². The van der Waals surface area contributed by atoms with Gasteiger partial charge >= 0.3 is 5.97 Å². The van der Waals surface area contributed by atoms with Crippen LogP contribution in [0.4, 0.5) is 4.39 Å². The lowest BCUT2D eigenvalue weighted by atomic mass is 9.82. The van der Waals surface area contributed by atoms with Crippen molar-refractivity contribution in [2.45, 2.75) is 57.4 Å². The molecule has 1 aromatic heterocycles. The number of hydrogen-bond donors (Lipinski definition) is 2. The second-order valence-electron chi connectivity index (χ2n) is 7.41. The van der Waals surface area contributed by atoms with Crippen molar-refractivity contribution in [3.63, 3.8) is 0 Å². The van der Waals surface area contributed by atoms with Gasteiger partial charge in [0, 0.05) is 27.9 Å². The van der Waals surface area contributed by atoms with Gasteiger partial charge in [-0.15, -0.1) is 11.3 Å². The molecule has 150 valence electrons. The molecule has 2 N–H and O–H groups in total. The van der Waals surface area contributed by atoms with Gasteiger partial charge in [-0.1, -0.05) is 25.0 Å². The van der Waals surface area contributed by atoms with Gasteiger partial charge in [-0.25, -0.2) is 4.39 Å². The van der Waals surface area contributed by atoms with Crippen LogP contribution in [0.15, 0.2) is 35.7 Å². The number of thiophene rings is 1. The van der Waals surface area contributed by atoms with Crippen molar-refractivity contribution in [2.75, 3.05) is 0 Å². The van der Waals surface area contributed by atoms with E-state index >= 15 is 0 Å². The van der Waals surface area contributed by atoms with Crippen molar-refractivity contribution in [2.24, 2.45) is 5.92 Å². The standard InChI is InChI=1S/C22H26FNO3S/c23-16-11-12-20-17(13-16)18(14-28-20)22(27)24-19-9-6-5-8-15(19)7-3-1-2-4-10-21(25)26/h1,3,11-15,19H,2,4-10H2,(H,24,27)(H,25,26)/b3-1-. The Morgan fingerprint density at radius 2 is 2.07 bits per heavy atom. The van der Waals surface area contributed by atoms with Gasteiger partial charge < -0.3 is 10.4 Å². The monoisotopic (exact) mass is 403 g/mol. The molecule has 1 amide bonds. The summed E-state index contributed by atoms with van der Waals surface area (Å²) < 4.78 is 14.5. The first-order valence-corrected chi connectivity index (χ1v) is 10.8. The summed E-state index contributed by atoms with van der Waals surface area (Å²) in [6.45, 7) is 0. The van der Waals surface area contributed by atoms with Crippen LogP contribution < -0.4 is 5.32 Å². The first-order chi connectivity index (χ1) is 13.5. The van der Waals surface area contributed by atoms with Crippen LogP contribution in [0.3, 0.4) is 0 Å². The molecule has 1 saturated carbocycles. The van der Waals surface area contributed by atoms with Crippen LogP contribution in [0.1, 0.15) is 61.7 Å². The molecule has 1 fully saturated rings. The smallest absolute Gasteiger partial charge is 0.303 e. The fourth-order valence-electron chi connectivity index (χ4n) is 3.86. The van der Waals surface area contributed by atoms with E-state index in [0.717, 1.165) is 43.2 Å². The van der Waals surface area contributed by atoms with E-state index in [1.165, 1.54) is 23.5 Å². The van der Waals surface area contributed by atoms with Gasteiger partial charge in [0.25, 0.3) is 5.91 Å². The van der Waals surface area contributed by atoms with Crippen LogP contribution in [0, 0.1) is 11.7 Å². The van der Waals surface area contributed by atoms with Crippen LogP contribution in [0.5, 0.6) is 0 Å². The minimum absolute atomic E-state index is 0.119. The molecule has 2 aromatic rings. The summed E-state index contributed by atoms with van der Waals surface area (Å²) >= 11 is 1.46. The molecule has 1 aromatic carbocycles. The third kappa shape index (κ3) is 5.41. The lowest BCUT2D eigenvalue weighted by Crippen LogP contribution is -2.41. The van der Waals surface area contributed by atoms with E-state index < -0.39 is 5.97 Å². The zero-order valence-corrected chi connectivity index (χ0v) is 16.6. The van der Waals surface area contributed by atoms with Crippen molar-refractivity contribution < 1.29 is 19.1 Å². The van der Waals surface area contributed by atoms with Crippen molar-refractivity contribution in [3.8, 4) is 0 Å². The van der Waals surface area contributed by atoms with E-state index in [0.29, 0.717) is 23.3 Å². The second kappa shape index (κ2) is 9.82. The highest BCUT2D eigenvalue weighted by molar-refractivity contribution is 7.17. The summed E-state index contributed by atoms with van der Waals surface area (Å²) in [7, 11) is 0. The van der Waals surface area contributed by atoms with E-state index in [-0.39, 0.29) is 24.2 Å². The van der Waals surface area contributed by atoms with Gasteiger partial charge in [0.2, 0.25) is 0 Å². The number of allylic oxidation sites excluding steroid dienone is 2. The van der Waals surface area contributed by atoms with Gasteiger partial charge in [-0.3, -0.25) is 9.59 Å². The quantitative estimate of drug-likeness (QED) is 0.450. The van der Waals surface area contributed by atoms with Crippen molar-refractivity contribution >= 4 is 33.3 Å². The third-order valence-electron chi connectivity index (χ3n) is 5.37. The average Bonchev–Trinajstić information content (AvgIpc) is 3.08. The van der Waals surface area contributed by atoms with Gasteiger partial charge in [-0.2, -0.15) is 0 Å². The largest absolute Gasteiger partial charge is 0.481 e. The van der Waals surface area contributed by atoms with Crippen molar-refractivity contribution in [3.05, 3.63) is 47.1 Å². The first-order valence-electron chi connectivity index (χ1n) is 9.89. The highest BCUT2D eigenvalue weighted by Crippen LogP contribution is 2.30. The summed E-state index contributed by atoms with van der Waals surface area (Å²) in [5, 5.41) is 14.3. The fourth-order valence-corrected chi connectivity index (χ4v) is 4.78. The zero-order valence-electron chi connectivity index (χ0n) is 15.8. The van der Waals surface area contributed by atoms with Crippen LogP contribution in [0.25, 0.3) is 10.1 Å². The molecule has 3 rings (SSSR count). The van der Waals surface area contributed by atoms with Crippen LogP contribution in [-0.2, 0) is 4.79 Å². The molecular formula is C22H26FNO3S. The Bertz CT molecular complexity index is 861. The maximum Gasteiger partial charge on any atom is 0.303 e. The molecule has 0 bridgehead atoms. The van der Waals surface area contributed by atoms with Crippen LogP contribution >= 0.6 is 11.3 Å². The topological polar surface area (TPSA) is 66.4 Å². The molecule has 0 radical (unpaired) electrons. The Balaban J connectivity index is 1.59. The molecule has 6 heteroatoms. The number of unbranched alkanes of at least 4 members (excludes halogenated alkanes) is 1. The number of carbonyl (C=O) groups is 2. The van der Waals surface area contributed by atoms with Gasteiger partial charge in [0.05, 0.1) is 5.56 Å². The first kappa shape index (κ1) is 20.5. The van der Waals surface area contributed by atoms with E-state index in [2.05, 4.69) is 11.4 Å². The molecule has 0 saturated heterocycles. The summed E-state index contributed by atoms with van der Waals surface area (Å²) in [6, 6.07) is 4.68. The number of fused-ring (bicyclic) bond motifs is 1. The highest BCUT2D eigenvalue weighted by Gasteiger charge is 2.26. The van der Waals surface area contributed by atoms with Gasteiger partial charge in [0.15, 0.2) is 0 Å². The van der Waals surface area contributed by atoms with Crippen LogP contribution in [0.2, 0.25) is 0 Å². The minimum Gasteiger partial charge on any atom is -0.481 e. The number of carbonyl (C=O) groups excluding carboxylic acids is 1. The zero-order chi connectivity index (χ0) is 19.9. The highest BCUT2D eigenvalue weighted by atomic mass is 32.1. The number of carboxylic acid groups (broad SMARTS) is 1. The number of amides is 1. The molecule has 28 heavy (non-hydrogen) atoms. The molecule has 1 heterocycles. The minimum atomic E-state index is -0.760. The second-order valence-corrected chi connectivity index (χ2v) is 8.32. The normalized spacial score (nSPS) is 19.9. The number of aliphatic carboxylic acids is 1. The molecule has 4 nitrogen and oxygen atoms in total. The maximum atomic E-state index is 13.6. The Kier molecular flexibility index (Phi) is 7.20. The molecular weight excluding hydrogens is 377 g/mol. The lowest BCUT2D eigenvalue weighted by Gasteiger charge is -2.31. The van der Waals surface area contributed by atoms with E-state index in [9.17, 15) is 14.0 Å². The summed E-state index contributed by atoms with van der Waals surface area (Å²) in [5.74, 6) is -0.831. The Hall–Kier alpha value is -2.21. The Labute approximate surface area is 168 Å². The molecule has 1 aliphatic carbocycles. The van der Waals surface area contributed by atoms with Crippen molar-refractivity contribution in [1.82, 2.24) is 5.32 Å². The molecule has 2 unspecified atom stereocenters. The Morgan fingerprint density at radius 1 is 1.25 bits per heavy atom. The summed E-state index contributed by atoms with van der Waals surface area (Å²) in [4.78, 5) is 23.4. The summed E-state index contributed by atoms with van der Waals surface area (Å²) in [5.41, 5.74) is 0.549. The third-order valence-corrected chi connectivity index (χ3v) is 6.34. The number of carboxylic acids is 1. The molecule has 1 aliphatic rings.